The van der Waals surface area contributed by atoms with E-state index in [-0.39, 0.29) is 69.5 Å². The fourth-order valence-electron chi connectivity index (χ4n) is 7.72. The van der Waals surface area contributed by atoms with E-state index in [1.54, 1.807) is 0 Å². The molecule has 1 aliphatic carbocycles. The maximum Gasteiger partial charge on any atom is 0.412 e. The highest BCUT2D eigenvalue weighted by molar-refractivity contribution is 5.92. The fourth-order valence-corrected chi connectivity index (χ4v) is 7.72. The number of rotatable bonds is 17. The van der Waals surface area contributed by atoms with Gasteiger partial charge in [-0.2, -0.15) is 0 Å². The Morgan fingerprint density at radius 3 is 2.11 bits per heavy atom. The third kappa shape index (κ3) is 11.9. The van der Waals surface area contributed by atoms with Gasteiger partial charge in [0.15, 0.2) is 18.3 Å². The van der Waals surface area contributed by atoms with Crippen LogP contribution in [0.2, 0.25) is 0 Å². The van der Waals surface area contributed by atoms with E-state index < -0.39 is 78.9 Å². The van der Waals surface area contributed by atoms with Crippen LogP contribution in [0.25, 0.3) is 11.1 Å². The molecule has 2 fully saturated rings. The molecular formula is C45H49N3O17. The quantitative estimate of drug-likeness (QED) is 0.111. The summed E-state index contributed by atoms with van der Waals surface area (Å²) in [6, 6.07) is 20.0. The van der Waals surface area contributed by atoms with Crippen LogP contribution in [-0.4, -0.2) is 124 Å². The molecule has 6 atom stereocenters. The third-order valence-corrected chi connectivity index (χ3v) is 10.5. The molecule has 3 aliphatic rings. The molecule has 6 rings (SSSR count). The number of carbonyl (C=O) groups is 8. The zero-order chi connectivity index (χ0) is 46.6. The van der Waals surface area contributed by atoms with E-state index in [0.717, 1.165) is 56.4 Å². The monoisotopic (exact) mass is 903 g/mol. The molecule has 0 bridgehead atoms. The van der Waals surface area contributed by atoms with Gasteiger partial charge in [-0.05, 0) is 46.4 Å². The number of alkyl carbamates (subject to hydrolysis) is 1. The minimum atomic E-state index is -1.77. The number of hydrogen-bond donors (Lipinski definition) is 2. The Kier molecular flexibility index (Phi) is 16.1. The van der Waals surface area contributed by atoms with Crippen molar-refractivity contribution in [3.05, 3.63) is 83.4 Å². The Morgan fingerprint density at radius 1 is 0.815 bits per heavy atom. The molecule has 2 aliphatic heterocycles. The molecule has 2 saturated heterocycles. The van der Waals surface area contributed by atoms with Crippen molar-refractivity contribution in [3.8, 4) is 16.9 Å². The first-order valence-corrected chi connectivity index (χ1v) is 20.7. The second kappa shape index (κ2) is 22.0. The molecule has 3 amide bonds. The Labute approximate surface area is 373 Å². The number of benzene rings is 3. The largest absolute Gasteiger partial charge is 0.467 e. The lowest BCUT2D eigenvalue weighted by atomic mass is 9.97. The molecule has 3 aromatic carbocycles. The van der Waals surface area contributed by atoms with Gasteiger partial charge in [-0.15, -0.1) is 0 Å². The molecule has 65 heavy (non-hydrogen) atoms. The summed E-state index contributed by atoms with van der Waals surface area (Å²) in [5.41, 5.74) is 4.51. The van der Waals surface area contributed by atoms with Gasteiger partial charge in [0.05, 0.1) is 25.9 Å². The zero-order valence-corrected chi connectivity index (χ0v) is 36.0. The highest BCUT2D eigenvalue weighted by Crippen LogP contribution is 2.44. The van der Waals surface area contributed by atoms with Gasteiger partial charge in [0.1, 0.15) is 31.5 Å². The normalized spacial score (nSPS) is 20.8. The van der Waals surface area contributed by atoms with Gasteiger partial charge in [-0.3, -0.25) is 24.1 Å². The molecule has 0 aromatic heterocycles. The van der Waals surface area contributed by atoms with Gasteiger partial charge in [0.25, 0.3) is 0 Å². The average Bonchev–Trinajstić information content (AvgIpc) is 3.88. The molecule has 3 aromatic rings. The van der Waals surface area contributed by atoms with Crippen LogP contribution < -0.4 is 15.4 Å². The van der Waals surface area contributed by atoms with Crippen LogP contribution in [0.5, 0.6) is 5.75 Å². The first kappa shape index (κ1) is 47.4. The summed E-state index contributed by atoms with van der Waals surface area (Å²) in [5.74, 6) is -4.70. The fraction of sp³-hybridized carbons (Fsp3) is 0.422. The standard InChI is InChI=1S/C45H49N3O17/c1-25(50)61-38-39(62-26(2)51)41(63-27(3)52)43(65-40(38)42(54)57-4)64-35-16-15-28(23-60-45(56)48-19-21-58-37(48)14-9-20-49)22-34(35)47-36(53)17-18-46-44(55)59-24-33-31-12-7-5-10-29(31)30-11-6-8-13-32(30)33/h5-8,10-13,15-16,20,22,33,37-41,43H,9,14,17-19,21,23-24H2,1-4H3,(H,46,55)(H,47,53)/t37?,38-,39+,40-,41-,43+/m0/s1. The van der Waals surface area contributed by atoms with Crippen molar-refractivity contribution in [1.29, 1.82) is 0 Å². The van der Waals surface area contributed by atoms with Crippen LogP contribution in [-0.2, 0) is 73.3 Å². The number of amides is 3. The Morgan fingerprint density at radius 2 is 1.46 bits per heavy atom. The van der Waals surface area contributed by atoms with Crippen molar-refractivity contribution < 1.29 is 81.0 Å². The number of nitrogens with zero attached hydrogens (tertiary/aromatic N) is 1. The first-order valence-electron chi connectivity index (χ1n) is 20.7. The number of aldehydes is 1. The molecular weight excluding hydrogens is 854 g/mol. The van der Waals surface area contributed by atoms with Gasteiger partial charge in [-0.1, -0.05) is 54.6 Å². The second-order valence-corrected chi connectivity index (χ2v) is 15.0. The highest BCUT2D eigenvalue weighted by Gasteiger charge is 2.56. The maximum absolute atomic E-state index is 13.5. The number of fused-ring (bicyclic) bond motifs is 3. The maximum atomic E-state index is 13.5. The third-order valence-electron chi connectivity index (χ3n) is 10.5. The van der Waals surface area contributed by atoms with E-state index >= 15 is 0 Å². The van der Waals surface area contributed by atoms with Crippen molar-refractivity contribution in [2.75, 3.05) is 38.7 Å². The van der Waals surface area contributed by atoms with Gasteiger partial charge >= 0.3 is 36.1 Å². The lowest BCUT2D eigenvalue weighted by Gasteiger charge is -2.43. The lowest BCUT2D eigenvalue weighted by Crippen LogP contribution is -2.64. The summed E-state index contributed by atoms with van der Waals surface area (Å²) in [4.78, 5) is 102. The molecule has 20 heteroatoms. The predicted octanol–water partition coefficient (Wildman–Crippen LogP) is 3.90. The zero-order valence-electron chi connectivity index (χ0n) is 36.0. The van der Waals surface area contributed by atoms with Gasteiger partial charge in [0.2, 0.25) is 18.3 Å². The summed E-state index contributed by atoms with van der Waals surface area (Å²) in [6.45, 7) is 3.22. The van der Waals surface area contributed by atoms with E-state index in [2.05, 4.69) is 10.6 Å². The van der Waals surface area contributed by atoms with E-state index in [4.69, 9.17) is 42.6 Å². The molecule has 0 radical (unpaired) electrons. The second-order valence-electron chi connectivity index (χ2n) is 15.0. The van der Waals surface area contributed by atoms with Gasteiger partial charge < -0.3 is 58.1 Å². The Bertz CT molecular complexity index is 2220. The van der Waals surface area contributed by atoms with Crippen molar-refractivity contribution in [2.45, 2.75) is 89.5 Å². The summed E-state index contributed by atoms with van der Waals surface area (Å²) in [5, 5.41) is 5.28. The Hall–Kier alpha value is -7.06. The number of methoxy groups -OCH3 is 1. The topological polar surface area (TPSA) is 247 Å². The van der Waals surface area contributed by atoms with Crippen LogP contribution in [0.3, 0.4) is 0 Å². The molecule has 2 N–H and O–H groups in total. The predicted molar refractivity (Wildman–Crippen MR) is 223 cm³/mol. The smallest absolute Gasteiger partial charge is 0.412 e. The SMILES string of the molecule is COC(=O)[C@H]1O[C@@H](Oc2ccc(COC(=O)N3CCOC3CCC=O)cc2NC(=O)CCNC(=O)OCC2c3ccccc3-c3ccccc32)[C@@H](OC(C)=O)[C@H](OC(C)=O)[C@@H]1OC(C)=O. The molecule has 0 spiro atoms. The van der Waals surface area contributed by atoms with Crippen molar-refractivity contribution in [1.82, 2.24) is 10.2 Å². The highest BCUT2D eigenvalue weighted by atomic mass is 16.7. The molecule has 0 saturated carbocycles. The summed E-state index contributed by atoms with van der Waals surface area (Å²) >= 11 is 0. The lowest BCUT2D eigenvalue weighted by molar-refractivity contribution is -0.282. The molecule has 20 nitrogen and oxygen atoms in total. The van der Waals surface area contributed by atoms with E-state index in [0.29, 0.717) is 5.56 Å². The molecule has 1 unspecified atom stereocenters. The minimum absolute atomic E-state index is 0.0380. The van der Waals surface area contributed by atoms with Crippen LogP contribution in [0.1, 0.15) is 62.6 Å². The summed E-state index contributed by atoms with van der Waals surface area (Å²) in [7, 11) is 1.04. The summed E-state index contributed by atoms with van der Waals surface area (Å²) in [6.07, 6.45) is -9.71. The number of anilines is 1. The van der Waals surface area contributed by atoms with Crippen LogP contribution in [0, 0.1) is 0 Å². The van der Waals surface area contributed by atoms with E-state index in [9.17, 15) is 38.4 Å². The number of hydrogen-bond acceptors (Lipinski definition) is 17. The Balaban J connectivity index is 1.19. The van der Waals surface area contributed by atoms with E-state index in [1.165, 1.54) is 23.1 Å². The number of nitrogens with one attached hydrogen (secondary N) is 2. The number of ether oxygens (including phenoxy) is 9. The van der Waals surface area contributed by atoms with Gasteiger partial charge in [0, 0.05) is 46.1 Å². The summed E-state index contributed by atoms with van der Waals surface area (Å²) < 4.78 is 49.9. The number of carbonyl (C=O) groups excluding carboxylic acids is 8. The molecule has 2 heterocycles. The minimum Gasteiger partial charge on any atom is -0.467 e. The van der Waals surface area contributed by atoms with Crippen LogP contribution in [0.15, 0.2) is 66.7 Å². The first-order chi connectivity index (χ1) is 31.3. The van der Waals surface area contributed by atoms with E-state index in [1.807, 2.05) is 48.5 Å². The molecule has 346 valence electrons. The van der Waals surface area contributed by atoms with Gasteiger partial charge in [-0.25, -0.2) is 14.4 Å². The number of esters is 4. The van der Waals surface area contributed by atoms with Crippen molar-refractivity contribution >= 4 is 53.9 Å². The van der Waals surface area contributed by atoms with Crippen LogP contribution in [0.4, 0.5) is 15.3 Å². The van der Waals surface area contributed by atoms with Crippen LogP contribution >= 0.6 is 0 Å². The van der Waals surface area contributed by atoms with Crippen molar-refractivity contribution in [3.63, 3.8) is 0 Å². The van der Waals surface area contributed by atoms with Crippen molar-refractivity contribution in [2.24, 2.45) is 0 Å². The average molecular weight is 904 g/mol.